The molecule has 1 aromatic rings. The van der Waals surface area contributed by atoms with Crippen molar-refractivity contribution in [2.24, 2.45) is 5.41 Å². The Labute approximate surface area is 122 Å². The van der Waals surface area contributed by atoms with Crippen molar-refractivity contribution in [1.82, 2.24) is 15.2 Å². The van der Waals surface area contributed by atoms with Crippen molar-refractivity contribution in [2.45, 2.75) is 53.6 Å². The molecule has 0 amide bonds. The van der Waals surface area contributed by atoms with Gasteiger partial charge in [0.2, 0.25) is 0 Å². The van der Waals surface area contributed by atoms with Crippen molar-refractivity contribution in [3.05, 3.63) is 16.1 Å². The second-order valence-corrected chi connectivity index (χ2v) is 7.14. The average molecular weight is 283 g/mol. The summed E-state index contributed by atoms with van der Waals surface area (Å²) >= 11 is 1.76. The first-order valence-electron chi connectivity index (χ1n) is 7.17. The largest absolute Gasteiger partial charge is 0.314 e. The lowest BCUT2D eigenvalue weighted by Gasteiger charge is -2.36. The van der Waals surface area contributed by atoms with Crippen LogP contribution in [0.25, 0.3) is 0 Å². The molecule has 0 aliphatic heterocycles. The van der Waals surface area contributed by atoms with E-state index in [0.717, 1.165) is 19.6 Å². The summed E-state index contributed by atoms with van der Waals surface area (Å²) < 4.78 is 0. The minimum absolute atomic E-state index is 0.266. The van der Waals surface area contributed by atoms with E-state index in [1.807, 2.05) is 5.51 Å². The van der Waals surface area contributed by atoms with E-state index in [1.165, 1.54) is 17.0 Å². The van der Waals surface area contributed by atoms with Crippen LogP contribution in [0, 0.1) is 12.3 Å². The van der Waals surface area contributed by atoms with Crippen LogP contribution in [-0.2, 0) is 6.54 Å². The van der Waals surface area contributed by atoms with Crippen molar-refractivity contribution < 1.29 is 0 Å². The molecule has 0 fully saturated rings. The molecule has 3 nitrogen and oxygen atoms in total. The fourth-order valence-corrected chi connectivity index (χ4v) is 3.11. The lowest BCUT2D eigenvalue weighted by Crippen LogP contribution is -2.46. The maximum atomic E-state index is 4.32. The molecule has 1 aromatic heterocycles. The third-order valence-electron chi connectivity index (χ3n) is 3.81. The van der Waals surface area contributed by atoms with E-state index in [2.05, 4.69) is 56.9 Å². The first-order valence-corrected chi connectivity index (χ1v) is 8.05. The van der Waals surface area contributed by atoms with Crippen LogP contribution in [0.5, 0.6) is 0 Å². The summed E-state index contributed by atoms with van der Waals surface area (Å²) in [4.78, 5) is 8.11. The molecule has 110 valence electrons. The second-order valence-electron chi connectivity index (χ2n) is 6.20. The predicted molar refractivity (Wildman–Crippen MR) is 84.7 cm³/mol. The zero-order valence-electron chi connectivity index (χ0n) is 13.3. The second kappa shape index (κ2) is 7.36. The van der Waals surface area contributed by atoms with Crippen LogP contribution in [-0.4, -0.2) is 36.1 Å². The van der Waals surface area contributed by atoms with Gasteiger partial charge in [-0.3, -0.25) is 0 Å². The minimum atomic E-state index is 0.266. The number of nitrogens with one attached hydrogen (secondary N) is 1. The molecule has 0 bridgehead atoms. The molecule has 0 radical (unpaired) electrons. The van der Waals surface area contributed by atoms with Crippen LogP contribution in [0.15, 0.2) is 5.51 Å². The molecule has 1 unspecified atom stereocenters. The van der Waals surface area contributed by atoms with Gasteiger partial charge in [0.05, 0.1) is 11.2 Å². The maximum absolute atomic E-state index is 4.32. The monoisotopic (exact) mass is 283 g/mol. The van der Waals surface area contributed by atoms with Gasteiger partial charge in [-0.05, 0) is 39.3 Å². The summed E-state index contributed by atoms with van der Waals surface area (Å²) in [6, 6.07) is 0.525. The van der Waals surface area contributed by atoms with Gasteiger partial charge >= 0.3 is 0 Å². The molecule has 0 aromatic carbocycles. The van der Waals surface area contributed by atoms with Gasteiger partial charge < -0.3 is 10.2 Å². The van der Waals surface area contributed by atoms with E-state index in [-0.39, 0.29) is 5.41 Å². The summed E-state index contributed by atoms with van der Waals surface area (Å²) in [6.45, 7) is 14.5. The van der Waals surface area contributed by atoms with Gasteiger partial charge in [0.25, 0.3) is 0 Å². The molecule has 1 atom stereocenters. The quantitative estimate of drug-likeness (QED) is 0.793. The standard InChI is InChI=1S/C15H29N3S/c1-7-8-16-13(3)15(4,5)10-18(6)9-14-12(2)17-11-19-14/h11,13,16H,7-10H2,1-6H3. The average Bonchev–Trinajstić information content (AvgIpc) is 2.71. The van der Waals surface area contributed by atoms with Gasteiger partial charge in [-0.15, -0.1) is 11.3 Å². The topological polar surface area (TPSA) is 28.2 Å². The molecular formula is C15H29N3S. The molecule has 19 heavy (non-hydrogen) atoms. The van der Waals surface area contributed by atoms with E-state index in [9.17, 15) is 0 Å². The highest BCUT2D eigenvalue weighted by Crippen LogP contribution is 2.23. The number of hydrogen-bond acceptors (Lipinski definition) is 4. The summed E-state index contributed by atoms with van der Waals surface area (Å²) in [6.07, 6.45) is 1.19. The molecule has 1 heterocycles. The van der Waals surface area contributed by atoms with E-state index < -0.39 is 0 Å². The Morgan fingerprint density at radius 3 is 2.68 bits per heavy atom. The Hall–Kier alpha value is -0.450. The van der Waals surface area contributed by atoms with Crippen LogP contribution in [0.3, 0.4) is 0 Å². The van der Waals surface area contributed by atoms with Crippen LogP contribution >= 0.6 is 11.3 Å². The normalized spacial score (nSPS) is 14.1. The van der Waals surface area contributed by atoms with Gasteiger partial charge in [-0.2, -0.15) is 0 Å². The van der Waals surface area contributed by atoms with Crippen LogP contribution in [0.1, 0.15) is 44.7 Å². The Kier molecular flexibility index (Phi) is 6.43. The third kappa shape index (κ3) is 5.21. The number of rotatable bonds is 8. The van der Waals surface area contributed by atoms with Gasteiger partial charge in [0.15, 0.2) is 0 Å². The minimum Gasteiger partial charge on any atom is -0.314 e. The number of aryl methyl sites for hydroxylation is 1. The van der Waals surface area contributed by atoms with Crippen molar-refractivity contribution >= 4 is 11.3 Å². The van der Waals surface area contributed by atoms with Crippen molar-refractivity contribution in [1.29, 1.82) is 0 Å². The zero-order valence-corrected chi connectivity index (χ0v) is 14.1. The van der Waals surface area contributed by atoms with E-state index >= 15 is 0 Å². The number of thiazole rings is 1. The highest BCUT2D eigenvalue weighted by Gasteiger charge is 2.27. The molecule has 0 spiro atoms. The van der Waals surface area contributed by atoms with Gasteiger partial charge in [-0.1, -0.05) is 20.8 Å². The summed E-state index contributed by atoms with van der Waals surface area (Å²) in [7, 11) is 2.20. The van der Waals surface area contributed by atoms with Crippen LogP contribution < -0.4 is 5.32 Å². The van der Waals surface area contributed by atoms with Crippen molar-refractivity contribution in [3.63, 3.8) is 0 Å². The maximum Gasteiger partial charge on any atom is 0.0798 e. The van der Waals surface area contributed by atoms with Crippen LogP contribution in [0.2, 0.25) is 0 Å². The molecule has 0 saturated carbocycles. The van der Waals surface area contributed by atoms with Gasteiger partial charge in [0, 0.05) is 24.0 Å². The fraction of sp³-hybridized carbons (Fsp3) is 0.800. The first-order chi connectivity index (χ1) is 8.86. The molecule has 1 rings (SSSR count). The fourth-order valence-electron chi connectivity index (χ4n) is 2.25. The Morgan fingerprint density at radius 1 is 1.47 bits per heavy atom. The lowest BCUT2D eigenvalue weighted by atomic mass is 9.84. The third-order valence-corrected chi connectivity index (χ3v) is 4.73. The first kappa shape index (κ1) is 16.6. The predicted octanol–water partition coefficient (Wildman–Crippen LogP) is 3.30. The molecule has 0 saturated heterocycles. The lowest BCUT2D eigenvalue weighted by molar-refractivity contribution is 0.160. The summed E-state index contributed by atoms with van der Waals surface area (Å²) in [5.41, 5.74) is 3.38. The molecule has 1 N–H and O–H groups in total. The van der Waals surface area contributed by atoms with Crippen molar-refractivity contribution in [2.75, 3.05) is 20.1 Å². The van der Waals surface area contributed by atoms with E-state index in [1.54, 1.807) is 11.3 Å². The van der Waals surface area contributed by atoms with Gasteiger partial charge in [0.1, 0.15) is 0 Å². The summed E-state index contributed by atoms with van der Waals surface area (Å²) in [5, 5.41) is 3.61. The van der Waals surface area contributed by atoms with Crippen molar-refractivity contribution in [3.8, 4) is 0 Å². The zero-order chi connectivity index (χ0) is 14.5. The smallest absolute Gasteiger partial charge is 0.0798 e. The number of nitrogens with zero attached hydrogens (tertiary/aromatic N) is 2. The van der Waals surface area contributed by atoms with E-state index in [4.69, 9.17) is 0 Å². The Bertz CT molecular complexity index is 373. The van der Waals surface area contributed by atoms with Gasteiger partial charge in [-0.25, -0.2) is 4.98 Å². The molecule has 0 aliphatic rings. The number of hydrogen-bond donors (Lipinski definition) is 1. The number of aromatic nitrogens is 1. The SMILES string of the molecule is CCCNC(C)C(C)(C)CN(C)Cc1scnc1C. The Morgan fingerprint density at radius 2 is 2.16 bits per heavy atom. The Balaban J connectivity index is 2.50. The molecule has 0 aliphatic carbocycles. The molecule has 4 heteroatoms. The van der Waals surface area contributed by atoms with E-state index in [0.29, 0.717) is 6.04 Å². The highest BCUT2D eigenvalue weighted by molar-refractivity contribution is 7.09. The highest BCUT2D eigenvalue weighted by atomic mass is 32.1. The van der Waals surface area contributed by atoms with Crippen LogP contribution in [0.4, 0.5) is 0 Å². The molecular weight excluding hydrogens is 254 g/mol. The summed E-state index contributed by atoms with van der Waals surface area (Å²) in [5.74, 6) is 0.